The summed E-state index contributed by atoms with van der Waals surface area (Å²) in [5.41, 5.74) is 0. The van der Waals surface area contributed by atoms with Crippen molar-refractivity contribution >= 4 is 20.0 Å². The summed E-state index contributed by atoms with van der Waals surface area (Å²) >= 11 is 0. The molecule has 176 valence electrons. The van der Waals surface area contributed by atoms with Gasteiger partial charge in [-0.15, -0.1) is 0 Å². The Balaban J connectivity index is 1.90. The van der Waals surface area contributed by atoms with Crippen LogP contribution in [0.1, 0.15) is 13.8 Å². The molecule has 0 aliphatic carbocycles. The van der Waals surface area contributed by atoms with Gasteiger partial charge in [-0.05, 0) is 38.1 Å². The van der Waals surface area contributed by atoms with E-state index in [4.69, 9.17) is 14.2 Å². The zero-order valence-electron chi connectivity index (χ0n) is 18.7. The van der Waals surface area contributed by atoms with E-state index in [0.29, 0.717) is 17.2 Å². The topological polar surface area (TPSA) is 102 Å². The second kappa shape index (κ2) is 9.26. The van der Waals surface area contributed by atoms with Gasteiger partial charge in [0.05, 0.1) is 31.1 Å². The minimum Gasteiger partial charge on any atom is -0.497 e. The molecule has 1 heterocycles. The monoisotopic (exact) mass is 484 g/mol. The number of methoxy groups -OCH3 is 3. The summed E-state index contributed by atoms with van der Waals surface area (Å²) in [6.45, 7) is 3.43. The summed E-state index contributed by atoms with van der Waals surface area (Å²) < 4.78 is 71.5. The molecule has 0 unspecified atom stereocenters. The Morgan fingerprint density at radius 3 is 1.91 bits per heavy atom. The van der Waals surface area contributed by atoms with Crippen LogP contribution in [0, 0.1) is 0 Å². The first kappa shape index (κ1) is 24.3. The van der Waals surface area contributed by atoms with Crippen LogP contribution in [0.3, 0.4) is 0 Å². The maximum atomic E-state index is 13.3. The number of piperazine rings is 1. The summed E-state index contributed by atoms with van der Waals surface area (Å²) in [6, 6.07) is 9.47. The van der Waals surface area contributed by atoms with Gasteiger partial charge in [-0.3, -0.25) is 0 Å². The van der Waals surface area contributed by atoms with Gasteiger partial charge < -0.3 is 14.2 Å². The van der Waals surface area contributed by atoms with Crippen LogP contribution in [-0.4, -0.2) is 71.9 Å². The van der Waals surface area contributed by atoms with Crippen molar-refractivity contribution in [3.8, 4) is 17.2 Å². The Labute approximate surface area is 189 Å². The summed E-state index contributed by atoms with van der Waals surface area (Å²) in [5, 5.41) is 0. The van der Waals surface area contributed by atoms with Crippen LogP contribution in [-0.2, 0) is 20.0 Å². The van der Waals surface area contributed by atoms with Gasteiger partial charge in [0.2, 0.25) is 20.0 Å². The third-order valence-electron chi connectivity index (χ3n) is 5.41. The van der Waals surface area contributed by atoms with Gasteiger partial charge in [0, 0.05) is 37.3 Å². The molecule has 0 radical (unpaired) electrons. The summed E-state index contributed by atoms with van der Waals surface area (Å²) in [6.07, 6.45) is 0. The van der Waals surface area contributed by atoms with Crippen molar-refractivity contribution in [2.75, 3.05) is 34.4 Å². The fourth-order valence-corrected chi connectivity index (χ4v) is 7.40. The molecule has 1 aliphatic heterocycles. The van der Waals surface area contributed by atoms with Crippen molar-refractivity contribution in [2.24, 2.45) is 0 Å². The fraction of sp³-hybridized carbons (Fsp3) is 0.429. The highest BCUT2D eigenvalue weighted by Crippen LogP contribution is 2.33. The maximum Gasteiger partial charge on any atom is 0.243 e. The first-order valence-electron chi connectivity index (χ1n) is 9.96. The minimum atomic E-state index is -3.87. The third-order valence-corrected chi connectivity index (χ3v) is 9.37. The molecule has 0 N–H and O–H groups in total. The van der Waals surface area contributed by atoms with E-state index in [2.05, 4.69) is 0 Å². The van der Waals surface area contributed by atoms with Gasteiger partial charge in [0.25, 0.3) is 0 Å². The number of sulfonamides is 2. The standard InChI is InChI=1S/C21H28N2O7S2/c1-15-13-22(31(24,25)19-9-10-20(29-4)21(12-19)30-5)14-16(2)23(15)32(26,27)18-8-6-7-17(11-18)28-3/h6-12,15-16H,13-14H2,1-5H3/t15-,16+. The largest absolute Gasteiger partial charge is 0.497 e. The molecule has 2 aromatic carbocycles. The molecular formula is C21H28N2O7S2. The lowest BCUT2D eigenvalue weighted by atomic mass is 10.2. The molecule has 1 fully saturated rings. The van der Waals surface area contributed by atoms with E-state index >= 15 is 0 Å². The molecule has 2 atom stereocenters. The highest BCUT2D eigenvalue weighted by atomic mass is 32.2. The van der Waals surface area contributed by atoms with Crippen molar-refractivity contribution in [1.29, 1.82) is 0 Å². The molecule has 9 nitrogen and oxygen atoms in total. The van der Waals surface area contributed by atoms with Gasteiger partial charge in [0.15, 0.2) is 11.5 Å². The number of ether oxygens (including phenoxy) is 3. The number of nitrogens with zero attached hydrogens (tertiary/aromatic N) is 2. The Hall–Kier alpha value is -2.34. The zero-order valence-corrected chi connectivity index (χ0v) is 20.3. The summed E-state index contributed by atoms with van der Waals surface area (Å²) in [5.74, 6) is 1.15. The second-order valence-electron chi connectivity index (χ2n) is 7.55. The van der Waals surface area contributed by atoms with Gasteiger partial charge >= 0.3 is 0 Å². The first-order valence-corrected chi connectivity index (χ1v) is 12.8. The average Bonchev–Trinajstić information content (AvgIpc) is 2.77. The lowest BCUT2D eigenvalue weighted by Crippen LogP contribution is -2.59. The van der Waals surface area contributed by atoms with E-state index in [1.165, 1.54) is 60.3 Å². The zero-order chi connectivity index (χ0) is 23.7. The Morgan fingerprint density at radius 2 is 1.34 bits per heavy atom. The lowest BCUT2D eigenvalue weighted by Gasteiger charge is -2.42. The van der Waals surface area contributed by atoms with Gasteiger partial charge in [0.1, 0.15) is 5.75 Å². The summed E-state index contributed by atoms with van der Waals surface area (Å²) in [4.78, 5) is 0.158. The SMILES string of the molecule is COc1cccc(S(=O)(=O)N2[C@H](C)CN(S(=O)(=O)c3ccc(OC)c(OC)c3)C[C@@H]2C)c1. The van der Waals surface area contributed by atoms with E-state index < -0.39 is 32.1 Å². The minimum absolute atomic E-state index is 0.0181. The lowest BCUT2D eigenvalue weighted by molar-refractivity contribution is 0.159. The highest BCUT2D eigenvalue weighted by Gasteiger charge is 2.42. The van der Waals surface area contributed by atoms with Crippen molar-refractivity contribution in [1.82, 2.24) is 8.61 Å². The molecule has 2 aromatic rings. The molecule has 0 saturated carbocycles. The molecule has 0 amide bonds. The van der Waals surface area contributed by atoms with Crippen LogP contribution in [0.4, 0.5) is 0 Å². The fourth-order valence-electron chi connectivity index (χ4n) is 3.94. The Morgan fingerprint density at radius 1 is 0.750 bits per heavy atom. The van der Waals surface area contributed by atoms with Crippen molar-refractivity contribution < 1.29 is 31.0 Å². The van der Waals surface area contributed by atoms with Crippen molar-refractivity contribution in [3.63, 3.8) is 0 Å². The number of benzene rings is 2. The molecular weight excluding hydrogens is 456 g/mol. The van der Waals surface area contributed by atoms with Gasteiger partial charge in [-0.1, -0.05) is 6.07 Å². The van der Waals surface area contributed by atoms with E-state index in [-0.39, 0.29) is 22.9 Å². The predicted molar refractivity (Wildman–Crippen MR) is 119 cm³/mol. The van der Waals surface area contributed by atoms with Crippen LogP contribution < -0.4 is 14.2 Å². The predicted octanol–water partition coefficient (Wildman–Crippen LogP) is 2.18. The van der Waals surface area contributed by atoms with E-state index in [0.717, 1.165) is 0 Å². The molecule has 32 heavy (non-hydrogen) atoms. The Kier molecular flexibility index (Phi) is 7.03. The normalized spacial score (nSPS) is 20.7. The molecule has 3 rings (SSSR count). The van der Waals surface area contributed by atoms with E-state index in [9.17, 15) is 16.8 Å². The van der Waals surface area contributed by atoms with Crippen molar-refractivity contribution in [3.05, 3.63) is 42.5 Å². The third kappa shape index (κ3) is 4.42. The van der Waals surface area contributed by atoms with Crippen LogP contribution in [0.15, 0.2) is 52.3 Å². The molecule has 11 heteroatoms. The van der Waals surface area contributed by atoms with Crippen LogP contribution in [0.2, 0.25) is 0 Å². The highest BCUT2D eigenvalue weighted by molar-refractivity contribution is 7.89. The smallest absolute Gasteiger partial charge is 0.243 e. The van der Waals surface area contributed by atoms with Gasteiger partial charge in [-0.2, -0.15) is 8.61 Å². The maximum absolute atomic E-state index is 13.3. The molecule has 0 spiro atoms. The van der Waals surface area contributed by atoms with Crippen LogP contribution in [0.25, 0.3) is 0 Å². The van der Waals surface area contributed by atoms with Crippen LogP contribution >= 0.6 is 0 Å². The molecule has 0 bridgehead atoms. The molecule has 1 aliphatic rings. The first-order chi connectivity index (χ1) is 15.1. The second-order valence-corrected chi connectivity index (χ2v) is 11.3. The molecule has 0 aromatic heterocycles. The number of hydrogen-bond donors (Lipinski definition) is 0. The average molecular weight is 485 g/mol. The summed E-state index contributed by atoms with van der Waals surface area (Å²) in [7, 11) is -3.36. The van der Waals surface area contributed by atoms with Crippen molar-refractivity contribution in [2.45, 2.75) is 35.7 Å². The van der Waals surface area contributed by atoms with Gasteiger partial charge in [-0.25, -0.2) is 16.8 Å². The van der Waals surface area contributed by atoms with E-state index in [1.807, 2.05) is 0 Å². The molecule has 1 saturated heterocycles. The quantitative estimate of drug-likeness (QED) is 0.594. The number of hydrogen-bond acceptors (Lipinski definition) is 7. The Bertz CT molecular complexity index is 1170. The van der Waals surface area contributed by atoms with Crippen LogP contribution in [0.5, 0.6) is 17.2 Å². The van der Waals surface area contributed by atoms with E-state index in [1.54, 1.807) is 26.0 Å². The number of rotatable bonds is 7.